The van der Waals surface area contributed by atoms with Gasteiger partial charge in [0.1, 0.15) is 17.7 Å². The Morgan fingerprint density at radius 2 is 1.70 bits per heavy atom. The molecule has 0 bridgehead atoms. The van der Waals surface area contributed by atoms with E-state index in [2.05, 4.69) is 81.9 Å². The summed E-state index contributed by atoms with van der Waals surface area (Å²) < 4.78 is 10.3. The third-order valence-electron chi connectivity index (χ3n) is 10.2. The first-order valence-electron chi connectivity index (χ1n) is 17.1. The quantitative estimate of drug-likeness (QED) is 0.128. The van der Waals surface area contributed by atoms with Gasteiger partial charge in [0.15, 0.2) is 0 Å². The second-order valence-electron chi connectivity index (χ2n) is 14.2. The largest absolute Gasteiger partial charge is 0.453 e. The normalized spacial score (nSPS) is 19.9. The second-order valence-corrected chi connectivity index (χ2v) is 19.3. The van der Waals surface area contributed by atoms with E-state index >= 15 is 0 Å². The molecule has 4 atom stereocenters. The van der Waals surface area contributed by atoms with E-state index in [0.29, 0.717) is 6.17 Å². The van der Waals surface area contributed by atoms with Gasteiger partial charge in [-0.05, 0) is 72.0 Å². The number of amides is 3. The van der Waals surface area contributed by atoms with Crippen molar-refractivity contribution in [3.8, 4) is 22.4 Å². The summed E-state index contributed by atoms with van der Waals surface area (Å²) in [5, 5.41) is 4.91. The number of alkyl carbamates (subject to hydrolysis) is 1. The number of aromatic nitrogens is 4. The molecule has 2 aromatic heterocycles. The molecule has 0 saturated carbocycles. The first-order valence-corrected chi connectivity index (χ1v) is 20.5. The van der Waals surface area contributed by atoms with Gasteiger partial charge in [-0.3, -0.25) is 9.59 Å². The van der Waals surface area contributed by atoms with E-state index in [1.807, 2.05) is 22.1 Å². The number of nitrogens with zero attached hydrogens (tertiary/aromatic N) is 4. The van der Waals surface area contributed by atoms with Crippen molar-refractivity contribution < 1.29 is 23.9 Å². The van der Waals surface area contributed by atoms with Crippen molar-refractivity contribution in [3.63, 3.8) is 0 Å². The number of nitrogens with one attached hydrogen (secondary N) is 3. The van der Waals surface area contributed by atoms with Gasteiger partial charge in [-0.2, -0.15) is 0 Å². The number of imidazole rings is 2. The Balaban J connectivity index is 1.13. The number of benzene rings is 3. The molecule has 0 radical (unpaired) electrons. The molecule has 13 heteroatoms. The Bertz CT molecular complexity index is 2080. The highest BCUT2D eigenvalue weighted by molar-refractivity contribution is 6.78. The van der Waals surface area contributed by atoms with Crippen LogP contribution in [0.15, 0.2) is 60.8 Å². The molecule has 12 nitrogen and oxygen atoms in total. The predicted octanol–water partition coefficient (Wildman–Crippen LogP) is 5.96. The SMILES string of the molecule is COC(=O)NC(C(=O)N1C[Si](C)(C)CC1c1nc2ccc(-c3ccc4cc(-c5cnc(C6CCCN6C=O)[nH]5)ccc4c3)cc2[nH]1)C(C)OC. The van der Waals surface area contributed by atoms with Crippen LogP contribution in [0.25, 0.3) is 44.2 Å². The van der Waals surface area contributed by atoms with E-state index in [1.54, 1.807) is 6.92 Å². The maximum atomic E-state index is 13.9. The third-order valence-corrected chi connectivity index (χ3v) is 12.9. The van der Waals surface area contributed by atoms with Crippen LogP contribution in [0.5, 0.6) is 0 Å². The fraction of sp³-hybridized carbons (Fsp3) is 0.378. The van der Waals surface area contributed by atoms with Crippen molar-refractivity contribution in [2.24, 2.45) is 0 Å². The van der Waals surface area contributed by atoms with Gasteiger partial charge >= 0.3 is 6.09 Å². The standard InChI is InChI=1S/C37H43N7O5Si/c1-22(48-2)33(42-37(47)49-3)36(46)44-21-50(4,5)19-32(44)35-39-28-13-12-26(17-29(28)40-35)24-8-9-25-16-27(11-10-23(25)15-24)30-18-38-34(41-30)31-7-6-14-43(31)20-45/h8-13,15-18,20,22,31-33H,6-7,14,19,21H2,1-5H3,(H,38,41)(H,39,40)(H,42,47). The molecule has 2 aliphatic rings. The number of rotatable bonds is 9. The van der Waals surface area contributed by atoms with Crippen molar-refractivity contribution >= 4 is 48.3 Å². The maximum absolute atomic E-state index is 13.9. The summed E-state index contributed by atoms with van der Waals surface area (Å²) in [6, 6.07) is 18.8. The molecular weight excluding hydrogens is 651 g/mol. The summed E-state index contributed by atoms with van der Waals surface area (Å²) in [5.74, 6) is 1.36. The van der Waals surface area contributed by atoms with Gasteiger partial charge < -0.3 is 34.6 Å². The average molecular weight is 694 g/mol. The number of hydrogen-bond donors (Lipinski definition) is 3. The fourth-order valence-electron chi connectivity index (χ4n) is 7.45. The zero-order valence-corrected chi connectivity index (χ0v) is 30.0. The van der Waals surface area contributed by atoms with Crippen molar-refractivity contribution in [2.45, 2.75) is 63.1 Å². The molecule has 2 saturated heterocycles. The zero-order valence-electron chi connectivity index (χ0n) is 29.0. The highest BCUT2D eigenvalue weighted by Gasteiger charge is 2.46. The number of likely N-dealkylation sites (tertiary alicyclic amines) is 1. The van der Waals surface area contributed by atoms with Crippen LogP contribution in [-0.2, 0) is 19.1 Å². The predicted molar refractivity (Wildman–Crippen MR) is 194 cm³/mol. The Kier molecular flexibility index (Phi) is 8.95. The Labute approximate surface area is 291 Å². The van der Waals surface area contributed by atoms with E-state index in [9.17, 15) is 14.4 Å². The Morgan fingerprint density at radius 1 is 0.980 bits per heavy atom. The van der Waals surface area contributed by atoms with Crippen LogP contribution in [0.4, 0.5) is 4.79 Å². The van der Waals surface area contributed by atoms with E-state index in [-0.39, 0.29) is 18.0 Å². The van der Waals surface area contributed by atoms with E-state index < -0.39 is 26.3 Å². The molecule has 3 aromatic carbocycles. The zero-order chi connectivity index (χ0) is 35.2. The number of aromatic amines is 2. The van der Waals surface area contributed by atoms with Crippen molar-refractivity contribution in [3.05, 3.63) is 72.4 Å². The Hall–Kier alpha value is -5.01. The molecule has 2 aliphatic heterocycles. The molecular formula is C37H43N7O5Si. The average Bonchev–Trinajstić information content (AvgIpc) is 3.94. The number of H-pyrrole nitrogens is 2. The molecule has 4 heterocycles. The molecule has 260 valence electrons. The molecule has 50 heavy (non-hydrogen) atoms. The van der Waals surface area contributed by atoms with Gasteiger partial charge in [-0.15, -0.1) is 0 Å². The van der Waals surface area contributed by atoms with Crippen LogP contribution in [0, 0.1) is 0 Å². The van der Waals surface area contributed by atoms with Crippen LogP contribution in [0.1, 0.15) is 43.5 Å². The number of fused-ring (bicyclic) bond motifs is 2. The lowest BCUT2D eigenvalue weighted by molar-refractivity contribution is -0.137. The Morgan fingerprint density at radius 3 is 2.44 bits per heavy atom. The molecule has 0 spiro atoms. The highest BCUT2D eigenvalue weighted by atomic mass is 28.3. The first-order chi connectivity index (χ1) is 24.1. The van der Waals surface area contributed by atoms with Crippen LogP contribution in [-0.4, -0.2) is 95.3 Å². The van der Waals surface area contributed by atoms with Crippen molar-refractivity contribution in [1.29, 1.82) is 0 Å². The number of ether oxygens (including phenoxy) is 2. The lowest BCUT2D eigenvalue weighted by Crippen LogP contribution is -2.54. The van der Waals surface area contributed by atoms with Crippen LogP contribution < -0.4 is 5.32 Å². The summed E-state index contributed by atoms with van der Waals surface area (Å²) in [6.07, 6.45) is 4.09. The van der Waals surface area contributed by atoms with Crippen LogP contribution in [0.2, 0.25) is 19.1 Å². The van der Waals surface area contributed by atoms with E-state index in [4.69, 9.17) is 14.5 Å². The molecule has 5 aromatic rings. The highest BCUT2D eigenvalue weighted by Crippen LogP contribution is 2.39. The fourth-order valence-corrected chi connectivity index (χ4v) is 10.3. The van der Waals surface area contributed by atoms with Crippen LogP contribution >= 0.6 is 0 Å². The van der Waals surface area contributed by atoms with Gasteiger partial charge in [0.25, 0.3) is 0 Å². The minimum atomic E-state index is -1.78. The molecule has 3 amide bonds. The van der Waals surface area contributed by atoms with Crippen LogP contribution in [0.3, 0.4) is 0 Å². The lowest BCUT2D eigenvalue weighted by atomic mass is 9.99. The summed E-state index contributed by atoms with van der Waals surface area (Å²) in [7, 11) is 1.01. The smallest absolute Gasteiger partial charge is 0.407 e. The first kappa shape index (κ1) is 33.5. The summed E-state index contributed by atoms with van der Waals surface area (Å²) >= 11 is 0. The second kappa shape index (κ2) is 13.4. The molecule has 4 unspecified atom stereocenters. The maximum Gasteiger partial charge on any atom is 0.407 e. The topological polar surface area (TPSA) is 146 Å². The molecule has 0 aliphatic carbocycles. The summed E-state index contributed by atoms with van der Waals surface area (Å²) in [4.78, 5) is 57.7. The van der Waals surface area contributed by atoms with Gasteiger partial charge in [0, 0.05) is 25.4 Å². The number of carbonyl (C=O) groups excluding carboxylic acids is 3. The van der Waals surface area contributed by atoms with Gasteiger partial charge in [0.2, 0.25) is 12.3 Å². The van der Waals surface area contributed by atoms with Gasteiger partial charge in [0.05, 0.1) is 56.3 Å². The number of carbonyl (C=O) groups is 3. The number of hydrogen-bond acceptors (Lipinski definition) is 7. The van der Waals surface area contributed by atoms with E-state index in [0.717, 1.165) is 87.7 Å². The third kappa shape index (κ3) is 6.38. The lowest BCUT2D eigenvalue weighted by Gasteiger charge is -2.31. The molecule has 3 N–H and O–H groups in total. The van der Waals surface area contributed by atoms with E-state index in [1.165, 1.54) is 14.2 Å². The van der Waals surface area contributed by atoms with Gasteiger partial charge in [-0.25, -0.2) is 14.8 Å². The number of methoxy groups -OCH3 is 2. The summed E-state index contributed by atoms with van der Waals surface area (Å²) in [6.45, 7) is 7.06. The van der Waals surface area contributed by atoms with Gasteiger partial charge in [-0.1, -0.05) is 43.4 Å². The summed E-state index contributed by atoms with van der Waals surface area (Å²) in [5.41, 5.74) is 5.83. The molecule has 2 fully saturated rings. The van der Waals surface area contributed by atoms with Crippen molar-refractivity contribution in [1.82, 2.24) is 35.1 Å². The monoisotopic (exact) mass is 693 g/mol. The minimum Gasteiger partial charge on any atom is -0.453 e. The molecule has 7 rings (SSSR count). The minimum absolute atomic E-state index is 0.00764. The van der Waals surface area contributed by atoms with Crippen molar-refractivity contribution in [2.75, 3.05) is 26.9 Å².